The van der Waals surface area contributed by atoms with Crippen molar-refractivity contribution in [1.82, 2.24) is 5.32 Å². The first kappa shape index (κ1) is 19.3. The Kier molecular flexibility index (Phi) is 8.28. The van der Waals surface area contributed by atoms with E-state index in [9.17, 15) is 0 Å². The standard InChI is InChI=1S/C19H24BrN3O2/c1-21-19(22-14-15-6-3-7-16(20)12-15)23-17-8-4-9-18(13-17)25-11-5-10-24-2/h3-4,6-9,12-13H,5,10-11,14H2,1-2H3,(H2,21,22,23). The number of halogens is 1. The van der Waals surface area contributed by atoms with E-state index < -0.39 is 0 Å². The first-order valence-electron chi connectivity index (χ1n) is 8.15. The fourth-order valence-electron chi connectivity index (χ4n) is 2.21. The highest BCUT2D eigenvalue weighted by atomic mass is 79.9. The number of nitrogens with zero attached hydrogens (tertiary/aromatic N) is 1. The summed E-state index contributed by atoms with van der Waals surface area (Å²) >= 11 is 3.48. The Bertz CT molecular complexity index is 692. The van der Waals surface area contributed by atoms with Crippen LogP contribution in [0.15, 0.2) is 58.0 Å². The van der Waals surface area contributed by atoms with Gasteiger partial charge in [0, 0.05) is 50.0 Å². The molecule has 0 bridgehead atoms. The van der Waals surface area contributed by atoms with Crippen molar-refractivity contribution in [3.8, 4) is 5.75 Å². The SMILES string of the molecule is CN=C(NCc1cccc(Br)c1)Nc1cccc(OCCCOC)c1. The second-order valence-electron chi connectivity index (χ2n) is 5.40. The molecule has 0 amide bonds. The maximum absolute atomic E-state index is 5.72. The van der Waals surface area contributed by atoms with Crippen LogP contribution in [0.1, 0.15) is 12.0 Å². The van der Waals surface area contributed by atoms with Gasteiger partial charge in [0.2, 0.25) is 0 Å². The summed E-state index contributed by atoms with van der Waals surface area (Å²) in [5, 5.41) is 6.58. The number of anilines is 1. The number of ether oxygens (including phenoxy) is 2. The first-order valence-corrected chi connectivity index (χ1v) is 8.94. The third-order valence-electron chi connectivity index (χ3n) is 3.43. The van der Waals surface area contributed by atoms with E-state index in [1.165, 1.54) is 5.56 Å². The van der Waals surface area contributed by atoms with Gasteiger partial charge in [0.25, 0.3) is 0 Å². The Morgan fingerprint density at radius 1 is 1.12 bits per heavy atom. The molecule has 0 saturated heterocycles. The van der Waals surface area contributed by atoms with Crippen LogP contribution in [-0.4, -0.2) is 33.3 Å². The van der Waals surface area contributed by atoms with Crippen molar-refractivity contribution < 1.29 is 9.47 Å². The zero-order valence-electron chi connectivity index (χ0n) is 14.6. The molecule has 2 aromatic carbocycles. The van der Waals surface area contributed by atoms with Gasteiger partial charge >= 0.3 is 0 Å². The van der Waals surface area contributed by atoms with E-state index in [1.54, 1.807) is 14.2 Å². The lowest BCUT2D eigenvalue weighted by Crippen LogP contribution is -2.30. The average Bonchev–Trinajstić information content (AvgIpc) is 2.63. The van der Waals surface area contributed by atoms with E-state index in [-0.39, 0.29) is 0 Å². The summed E-state index contributed by atoms with van der Waals surface area (Å²) in [5.41, 5.74) is 2.10. The van der Waals surface area contributed by atoms with Gasteiger partial charge in [-0.1, -0.05) is 34.1 Å². The van der Waals surface area contributed by atoms with E-state index in [0.717, 1.165) is 22.3 Å². The molecule has 0 aliphatic rings. The van der Waals surface area contributed by atoms with E-state index in [2.05, 4.69) is 43.7 Å². The largest absolute Gasteiger partial charge is 0.493 e. The van der Waals surface area contributed by atoms with Gasteiger partial charge in [-0.25, -0.2) is 0 Å². The predicted octanol–water partition coefficient (Wildman–Crippen LogP) is 4.05. The zero-order chi connectivity index (χ0) is 17.9. The Morgan fingerprint density at radius 2 is 1.96 bits per heavy atom. The van der Waals surface area contributed by atoms with Gasteiger partial charge < -0.3 is 20.1 Å². The number of benzene rings is 2. The molecule has 0 unspecified atom stereocenters. The number of nitrogens with one attached hydrogen (secondary N) is 2. The minimum atomic E-state index is 0.632. The van der Waals surface area contributed by atoms with Crippen LogP contribution in [0.5, 0.6) is 5.75 Å². The Hall–Kier alpha value is -2.05. The average molecular weight is 406 g/mol. The van der Waals surface area contributed by atoms with Crippen molar-refractivity contribution in [2.24, 2.45) is 4.99 Å². The van der Waals surface area contributed by atoms with Gasteiger partial charge in [0.1, 0.15) is 5.75 Å². The van der Waals surface area contributed by atoms with Gasteiger partial charge in [0.05, 0.1) is 6.61 Å². The van der Waals surface area contributed by atoms with Gasteiger partial charge in [-0.15, -0.1) is 0 Å². The lowest BCUT2D eigenvalue weighted by atomic mass is 10.2. The van der Waals surface area contributed by atoms with Crippen molar-refractivity contribution in [3.05, 3.63) is 58.6 Å². The number of hydrogen-bond acceptors (Lipinski definition) is 3. The molecule has 0 atom stereocenters. The summed E-state index contributed by atoms with van der Waals surface area (Å²) in [5.74, 6) is 1.53. The van der Waals surface area contributed by atoms with Gasteiger partial charge in [0.15, 0.2) is 5.96 Å². The van der Waals surface area contributed by atoms with Crippen LogP contribution in [0.3, 0.4) is 0 Å². The van der Waals surface area contributed by atoms with E-state index in [1.807, 2.05) is 36.4 Å². The summed E-state index contributed by atoms with van der Waals surface area (Å²) in [6, 6.07) is 16.0. The highest BCUT2D eigenvalue weighted by Gasteiger charge is 2.02. The summed E-state index contributed by atoms with van der Waals surface area (Å²) in [6.07, 6.45) is 0.865. The summed E-state index contributed by atoms with van der Waals surface area (Å²) in [7, 11) is 3.44. The topological polar surface area (TPSA) is 54.9 Å². The molecule has 0 aliphatic heterocycles. The van der Waals surface area contributed by atoms with Crippen LogP contribution in [0, 0.1) is 0 Å². The smallest absolute Gasteiger partial charge is 0.195 e. The molecule has 0 saturated carbocycles. The van der Waals surface area contributed by atoms with Crippen LogP contribution in [0.25, 0.3) is 0 Å². The van der Waals surface area contributed by atoms with Gasteiger partial charge in [-0.2, -0.15) is 0 Å². The zero-order valence-corrected chi connectivity index (χ0v) is 16.2. The van der Waals surface area contributed by atoms with E-state index in [4.69, 9.17) is 9.47 Å². The second kappa shape index (κ2) is 10.7. The van der Waals surface area contributed by atoms with Crippen molar-refractivity contribution in [2.45, 2.75) is 13.0 Å². The van der Waals surface area contributed by atoms with Crippen molar-refractivity contribution in [2.75, 3.05) is 32.7 Å². The fraction of sp³-hybridized carbons (Fsp3) is 0.316. The lowest BCUT2D eigenvalue weighted by Gasteiger charge is -2.13. The lowest BCUT2D eigenvalue weighted by molar-refractivity contribution is 0.172. The second-order valence-corrected chi connectivity index (χ2v) is 6.32. The van der Waals surface area contributed by atoms with E-state index >= 15 is 0 Å². The highest BCUT2D eigenvalue weighted by Crippen LogP contribution is 2.17. The van der Waals surface area contributed by atoms with Gasteiger partial charge in [-0.3, -0.25) is 4.99 Å². The molecular formula is C19H24BrN3O2. The monoisotopic (exact) mass is 405 g/mol. The molecule has 2 rings (SSSR count). The minimum absolute atomic E-state index is 0.632. The molecule has 25 heavy (non-hydrogen) atoms. The fourth-order valence-corrected chi connectivity index (χ4v) is 2.65. The molecule has 0 heterocycles. The number of methoxy groups -OCH3 is 1. The van der Waals surface area contributed by atoms with Crippen LogP contribution in [0.2, 0.25) is 0 Å². The third kappa shape index (κ3) is 7.15. The normalized spacial score (nSPS) is 11.2. The summed E-state index contributed by atoms with van der Waals surface area (Å²) in [4.78, 5) is 4.26. The molecule has 0 fully saturated rings. The molecule has 0 aromatic heterocycles. The number of hydrogen-bond donors (Lipinski definition) is 2. The molecule has 5 nitrogen and oxygen atoms in total. The molecule has 2 N–H and O–H groups in total. The first-order chi connectivity index (χ1) is 12.2. The number of guanidine groups is 1. The molecular weight excluding hydrogens is 382 g/mol. The van der Waals surface area contributed by atoms with Gasteiger partial charge in [-0.05, 0) is 29.8 Å². The summed E-state index contributed by atoms with van der Waals surface area (Å²) in [6.45, 7) is 2.02. The van der Waals surface area contributed by atoms with Crippen LogP contribution in [-0.2, 0) is 11.3 Å². The van der Waals surface area contributed by atoms with Crippen molar-refractivity contribution in [1.29, 1.82) is 0 Å². The van der Waals surface area contributed by atoms with E-state index in [0.29, 0.717) is 25.7 Å². The minimum Gasteiger partial charge on any atom is -0.493 e. The Morgan fingerprint density at radius 3 is 2.72 bits per heavy atom. The molecule has 134 valence electrons. The maximum atomic E-state index is 5.72. The molecule has 2 aromatic rings. The molecule has 0 radical (unpaired) electrons. The van der Waals surface area contributed by atoms with Crippen molar-refractivity contribution in [3.63, 3.8) is 0 Å². The maximum Gasteiger partial charge on any atom is 0.195 e. The number of aliphatic imine (C=N–C) groups is 1. The van der Waals surface area contributed by atoms with Crippen molar-refractivity contribution >= 4 is 27.6 Å². The third-order valence-corrected chi connectivity index (χ3v) is 3.92. The number of rotatable bonds is 8. The highest BCUT2D eigenvalue weighted by molar-refractivity contribution is 9.10. The van der Waals surface area contributed by atoms with Crippen LogP contribution in [0.4, 0.5) is 5.69 Å². The van der Waals surface area contributed by atoms with Crippen LogP contribution >= 0.6 is 15.9 Å². The Labute approximate surface area is 157 Å². The molecule has 0 spiro atoms. The molecule has 0 aliphatic carbocycles. The van der Waals surface area contributed by atoms with Crippen LogP contribution < -0.4 is 15.4 Å². The predicted molar refractivity (Wildman–Crippen MR) is 106 cm³/mol. The summed E-state index contributed by atoms with van der Waals surface area (Å²) < 4.78 is 11.8. The molecule has 6 heteroatoms. The quantitative estimate of drug-likeness (QED) is 0.395. The Balaban J connectivity index is 1.88.